The van der Waals surface area contributed by atoms with E-state index >= 15 is 0 Å². The van der Waals surface area contributed by atoms with Gasteiger partial charge in [-0.3, -0.25) is 14.3 Å². The van der Waals surface area contributed by atoms with E-state index in [1.54, 1.807) is 12.3 Å². The molecule has 0 aromatic carbocycles. The van der Waals surface area contributed by atoms with Gasteiger partial charge in [-0.1, -0.05) is 19.3 Å². The van der Waals surface area contributed by atoms with Gasteiger partial charge >= 0.3 is 0 Å². The fraction of sp³-hybridized carbons (Fsp3) is 0.579. The number of hydrogen-bond acceptors (Lipinski definition) is 3. The van der Waals surface area contributed by atoms with Crippen molar-refractivity contribution in [3.8, 4) is 0 Å². The van der Waals surface area contributed by atoms with E-state index in [-0.39, 0.29) is 17.5 Å². The fourth-order valence-electron chi connectivity index (χ4n) is 3.96. The minimum Gasteiger partial charge on any atom is -0.468 e. The lowest BCUT2D eigenvalue weighted by Gasteiger charge is -2.24. The summed E-state index contributed by atoms with van der Waals surface area (Å²) < 4.78 is 9.20. The maximum Gasteiger partial charge on any atom is 0.291 e. The second-order valence-corrected chi connectivity index (χ2v) is 7.35. The highest BCUT2D eigenvalue weighted by atomic mass is 16.3. The molecule has 0 atom stereocenters. The normalized spacial score (nSPS) is 18.5. The van der Waals surface area contributed by atoms with Gasteiger partial charge in [-0.15, -0.1) is 0 Å². The highest BCUT2D eigenvalue weighted by molar-refractivity contribution is 6.05. The standard InChI is InChI=1S/C19H25N3O3/c1-12-16(19(24)22(21(12)2)14-6-4-3-5-7-14)20-18(23)15-10-11-25-17(15)13-8-9-13/h10-11,13-14H,3-9H2,1-2H3,(H,20,23). The van der Waals surface area contributed by atoms with Crippen molar-refractivity contribution in [2.75, 3.05) is 5.32 Å². The molecule has 2 heterocycles. The number of hydrogen-bond donors (Lipinski definition) is 1. The summed E-state index contributed by atoms with van der Waals surface area (Å²) in [4.78, 5) is 25.7. The summed E-state index contributed by atoms with van der Waals surface area (Å²) in [6.07, 6.45) is 9.28. The van der Waals surface area contributed by atoms with Crippen molar-refractivity contribution in [2.45, 2.75) is 63.8 Å². The van der Waals surface area contributed by atoms with Crippen LogP contribution in [0.1, 0.15) is 78.7 Å². The maximum absolute atomic E-state index is 13.0. The summed E-state index contributed by atoms with van der Waals surface area (Å²) >= 11 is 0. The molecule has 6 heteroatoms. The van der Waals surface area contributed by atoms with Gasteiger partial charge in [0.25, 0.3) is 11.5 Å². The van der Waals surface area contributed by atoms with Crippen LogP contribution in [-0.2, 0) is 7.05 Å². The molecule has 1 N–H and O–H groups in total. The molecule has 0 bridgehead atoms. The van der Waals surface area contributed by atoms with Crippen LogP contribution in [0.25, 0.3) is 0 Å². The van der Waals surface area contributed by atoms with Gasteiger partial charge in [0.2, 0.25) is 0 Å². The molecule has 0 aliphatic heterocycles. The average molecular weight is 343 g/mol. The molecule has 25 heavy (non-hydrogen) atoms. The molecule has 2 aliphatic carbocycles. The minimum absolute atomic E-state index is 0.100. The number of nitrogens with zero attached hydrogens (tertiary/aromatic N) is 2. The minimum atomic E-state index is -0.253. The third-order valence-corrected chi connectivity index (χ3v) is 5.64. The van der Waals surface area contributed by atoms with Crippen LogP contribution in [0.5, 0.6) is 0 Å². The van der Waals surface area contributed by atoms with Gasteiger partial charge in [0, 0.05) is 13.0 Å². The monoisotopic (exact) mass is 343 g/mol. The molecule has 0 unspecified atom stereocenters. The van der Waals surface area contributed by atoms with Crippen molar-refractivity contribution >= 4 is 11.6 Å². The van der Waals surface area contributed by atoms with Gasteiger partial charge in [0.1, 0.15) is 11.4 Å². The van der Waals surface area contributed by atoms with Crippen molar-refractivity contribution < 1.29 is 9.21 Å². The lowest BCUT2D eigenvalue weighted by atomic mass is 9.96. The third-order valence-electron chi connectivity index (χ3n) is 5.64. The summed E-state index contributed by atoms with van der Waals surface area (Å²) in [5, 5.41) is 2.85. The Hall–Kier alpha value is -2.24. The number of amides is 1. The highest BCUT2D eigenvalue weighted by Crippen LogP contribution is 2.42. The molecule has 2 aromatic heterocycles. The van der Waals surface area contributed by atoms with E-state index in [9.17, 15) is 9.59 Å². The first-order valence-electron chi connectivity index (χ1n) is 9.24. The van der Waals surface area contributed by atoms with Gasteiger partial charge in [-0.25, -0.2) is 4.68 Å². The molecule has 6 nitrogen and oxygen atoms in total. The second-order valence-electron chi connectivity index (χ2n) is 7.35. The lowest BCUT2D eigenvalue weighted by Crippen LogP contribution is -2.29. The smallest absolute Gasteiger partial charge is 0.291 e. The zero-order valence-corrected chi connectivity index (χ0v) is 14.9. The number of anilines is 1. The second kappa shape index (κ2) is 6.24. The van der Waals surface area contributed by atoms with Gasteiger partial charge < -0.3 is 9.73 Å². The van der Waals surface area contributed by atoms with E-state index in [1.807, 2.05) is 23.3 Å². The summed E-state index contributed by atoms with van der Waals surface area (Å²) in [5.74, 6) is 0.849. The Bertz CT molecular complexity index is 848. The third kappa shape index (κ3) is 2.83. The topological polar surface area (TPSA) is 69.2 Å². The quantitative estimate of drug-likeness (QED) is 0.920. The molecule has 2 aromatic rings. The zero-order chi connectivity index (χ0) is 17.6. The largest absolute Gasteiger partial charge is 0.468 e. The van der Waals surface area contributed by atoms with Gasteiger partial charge in [0.15, 0.2) is 0 Å². The zero-order valence-electron chi connectivity index (χ0n) is 14.9. The van der Waals surface area contributed by atoms with E-state index in [4.69, 9.17) is 4.42 Å². The number of nitrogens with one attached hydrogen (secondary N) is 1. The number of carbonyl (C=O) groups excluding carboxylic acids is 1. The molecule has 2 fully saturated rings. The van der Waals surface area contributed by atoms with Crippen molar-refractivity contribution in [3.63, 3.8) is 0 Å². The molecule has 0 saturated heterocycles. The van der Waals surface area contributed by atoms with E-state index in [1.165, 1.54) is 6.42 Å². The molecule has 2 aliphatic rings. The lowest BCUT2D eigenvalue weighted by molar-refractivity contribution is 0.102. The van der Waals surface area contributed by atoms with Crippen LogP contribution in [0, 0.1) is 6.92 Å². The van der Waals surface area contributed by atoms with Crippen LogP contribution in [-0.4, -0.2) is 15.3 Å². The first-order valence-corrected chi connectivity index (χ1v) is 9.24. The Morgan fingerprint density at radius 1 is 1.20 bits per heavy atom. The Balaban J connectivity index is 1.63. The fourth-order valence-corrected chi connectivity index (χ4v) is 3.96. The Labute approximate surface area is 146 Å². The number of furan rings is 1. The van der Waals surface area contributed by atoms with Crippen LogP contribution in [0.3, 0.4) is 0 Å². The van der Waals surface area contributed by atoms with E-state index < -0.39 is 0 Å². The van der Waals surface area contributed by atoms with Crippen molar-refractivity contribution in [2.24, 2.45) is 7.05 Å². The molecular weight excluding hydrogens is 318 g/mol. The molecule has 1 amide bonds. The number of aromatic nitrogens is 2. The Morgan fingerprint density at radius 3 is 2.60 bits per heavy atom. The summed E-state index contributed by atoms with van der Waals surface area (Å²) in [5.41, 5.74) is 1.63. The van der Waals surface area contributed by atoms with E-state index in [0.717, 1.165) is 50.0 Å². The van der Waals surface area contributed by atoms with Crippen molar-refractivity contribution in [1.29, 1.82) is 0 Å². The molecule has 134 valence electrons. The van der Waals surface area contributed by atoms with Crippen LogP contribution >= 0.6 is 0 Å². The number of carbonyl (C=O) groups is 1. The highest BCUT2D eigenvalue weighted by Gasteiger charge is 2.32. The predicted octanol–water partition coefficient (Wildman–Crippen LogP) is 3.72. The maximum atomic E-state index is 13.0. The average Bonchev–Trinajstić information content (AvgIpc) is 3.31. The van der Waals surface area contributed by atoms with Crippen LogP contribution in [0.4, 0.5) is 5.69 Å². The summed E-state index contributed by atoms with van der Waals surface area (Å²) in [6, 6.07) is 1.92. The summed E-state index contributed by atoms with van der Waals surface area (Å²) in [7, 11) is 1.90. The molecule has 0 spiro atoms. The molecular formula is C19H25N3O3. The van der Waals surface area contributed by atoms with Gasteiger partial charge in [-0.2, -0.15) is 0 Å². The first-order chi connectivity index (χ1) is 12.1. The van der Waals surface area contributed by atoms with E-state index in [2.05, 4.69) is 5.32 Å². The summed E-state index contributed by atoms with van der Waals surface area (Å²) in [6.45, 7) is 1.88. The Morgan fingerprint density at radius 2 is 1.92 bits per heavy atom. The van der Waals surface area contributed by atoms with Gasteiger partial charge in [0.05, 0.1) is 23.6 Å². The molecule has 0 radical (unpaired) electrons. The molecule has 4 rings (SSSR count). The van der Waals surface area contributed by atoms with Crippen LogP contribution in [0.2, 0.25) is 0 Å². The van der Waals surface area contributed by atoms with E-state index in [0.29, 0.717) is 17.2 Å². The number of rotatable bonds is 4. The van der Waals surface area contributed by atoms with Crippen molar-refractivity contribution in [1.82, 2.24) is 9.36 Å². The molecule has 2 saturated carbocycles. The van der Waals surface area contributed by atoms with Crippen LogP contribution in [0.15, 0.2) is 21.5 Å². The Kier molecular flexibility index (Phi) is 4.06. The SMILES string of the molecule is Cc1c(NC(=O)c2ccoc2C2CC2)c(=O)n(C2CCCCC2)n1C. The first kappa shape index (κ1) is 16.2. The van der Waals surface area contributed by atoms with Crippen molar-refractivity contribution in [3.05, 3.63) is 39.7 Å². The predicted molar refractivity (Wildman–Crippen MR) is 95.2 cm³/mol. The van der Waals surface area contributed by atoms with Gasteiger partial charge in [-0.05, 0) is 38.7 Å². The van der Waals surface area contributed by atoms with Crippen LogP contribution < -0.4 is 10.9 Å².